The molecule has 1 aliphatic carbocycles. The average Bonchev–Trinajstić information content (AvgIpc) is 3.39. The number of pyridine rings is 1. The zero-order valence-corrected chi connectivity index (χ0v) is 17.2. The van der Waals surface area contributed by atoms with Crippen LogP contribution < -0.4 is 5.32 Å². The van der Waals surface area contributed by atoms with E-state index in [-0.39, 0.29) is 17.9 Å². The van der Waals surface area contributed by atoms with E-state index in [4.69, 9.17) is 4.74 Å². The van der Waals surface area contributed by atoms with E-state index >= 15 is 0 Å². The van der Waals surface area contributed by atoms with Crippen molar-refractivity contribution < 1.29 is 9.53 Å². The van der Waals surface area contributed by atoms with Gasteiger partial charge in [0.1, 0.15) is 0 Å². The van der Waals surface area contributed by atoms with Crippen LogP contribution in [0, 0.1) is 5.92 Å². The molecule has 6 heteroatoms. The summed E-state index contributed by atoms with van der Waals surface area (Å²) in [7, 11) is 0. The molecule has 156 valence electrons. The molecule has 0 radical (unpaired) electrons. The molecular weight excluding hydrogens is 376 g/mol. The summed E-state index contributed by atoms with van der Waals surface area (Å²) in [6.45, 7) is 1.26. The van der Waals surface area contributed by atoms with Crippen molar-refractivity contribution in [1.29, 1.82) is 0 Å². The number of fused-ring (bicyclic) bond motifs is 2. The molecule has 1 fully saturated rings. The molecule has 2 N–H and O–H groups in total. The van der Waals surface area contributed by atoms with Gasteiger partial charge in [0.15, 0.2) is 0 Å². The van der Waals surface area contributed by atoms with E-state index in [9.17, 15) is 4.79 Å². The van der Waals surface area contributed by atoms with Crippen LogP contribution in [0.1, 0.15) is 41.8 Å². The first-order valence-corrected chi connectivity index (χ1v) is 11.0. The third-order valence-corrected chi connectivity index (χ3v) is 6.50. The first-order chi connectivity index (χ1) is 14.8. The van der Waals surface area contributed by atoms with Crippen molar-refractivity contribution in [2.45, 2.75) is 51.0 Å². The average molecular weight is 405 g/mol. The van der Waals surface area contributed by atoms with E-state index < -0.39 is 0 Å². The first-order valence-electron chi connectivity index (χ1n) is 11.0. The number of aromatic nitrogens is 3. The van der Waals surface area contributed by atoms with Crippen molar-refractivity contribution in [2.75, 3.05) is 13.2 Å². The minimum atomic E-state index is 0.0533. The smallest absolute Gasteiger partial charge is 0.220 e. The zero-order chi connectivity index (χ0) is 20.3. The van der Waals surface area contributed by atoms with Gasteiger partial charge in [-0.25, -0.2) is 0 Å². The highest BCUT2D eigenvalue weighted by molar-refractivity contribution is 5.82. The highest BCUT2D eigenvalue weighted by Crippen LogP contribution is 2.25. The lowest BCUT2D eigenvalue weighted by Gasteiger charge is -2.20. The van der Waals surface area contributed by atoms with Crippen molar-refractivity contribution in [2.24, 2.45) is 5.92 Å². The number of H-pyrrole nitrogens is 1. The fourth-order valence-corrected chi connectivity index (χ4v) is 4.84. The normalized spacial score (nSPS) is 20.9. The number of amides is 1. The Balaban J connectivity index is 1.20. The summed E-state index contributed by atoms with van der Waals surface area (Å²) < 4.78 is 5.73. The van der Waals surface area contributed by atoms with Crippen molar-refractivity contribution >= 4 is 16.8 Å². The van der Waals surface area contributed by atoms with Crippen molar-refractivity contribution in [3.05, 3.63) is 59.0 Å². The Morgan fingerprint density at radius 3 is 3.03 bits per heavy atom. The monoisotopic (exact) mass is 404 g/mol. The van der Waals surface area contributed by atoms with E-state index in [2.05, 4.69) is 32.6 Å². The van der Waals surface area contributed by atoms with Crippen LogP contribution in [-0.2, 0) is 35.2 Å². The Labute approximate surface area is 176 Å². The molecule has 2 atom stereocenters. The van der Waals surface area contributed by atoms with Crippen LogP contribution in [0.4, 0.5) is 0 Å². The van der Waals surface area contributed by atoms with Gasteiger partial charge in [-0.2, -0.15) is 5.10 Å². The third-order valence-electron chi connectivity index (χ3n) is 6.50. The van der Waals surface area contributed by atoms with Gasteiger partial charge in [-0.1, -0.05) is 18.2 Å². The van der Waals surface area contributed by atoms with Crippen LogP contribution in [0.2, 0.25) is 0 Å². The number of para-hydroxylation sites is 1. The van der Waals surface area contributed by atoms with Crippen LogP contribution in [0.5, 0.6) is 0 Å². The second kappa shape index (κ2) is 8.56. The Kier molecular flexibility index (Phi) is 5.49. The molecule has 3 aromatic rings. The topological polar surface area (TPSA) is 79.9 Å². The van der Waals surface area contributed by atoms with E-state index in [0.717, 1.165) is 30.5 Å². The van der Waals surface area contributed by atoms with Crippen molar-refractivity contribution in [3.63, 3.8) is 0 Å². The van der Waals surface area contributed by atoms with Crippen LogP contribution in [0.3, 0.4) is 0 Å². The van der Waals surface area contributed by atoms with E-state index in [0.29, 0.717) is 26.1 Å². The van der Waals surface area contributed by atoms with Crippen molar-refractivity contribution in [1.82, 2.24) is 20.5 Å². The Morgan fingerprint density at radius 2 is 2.07 bits per heavy atom. The molecule has 0 bridgehead atoms. The maximum atomic E-state index is 12.7. The quantitative estimate of drug-likeness (QED) is 0.661. The predicted molar refractivity (Wildman–Crippen MR) is 115 cm³/mol. The highest BCUT2D eigenvalue weighted by Gasteiger charge is 2.30. The summed E-state index contributed by atoms with van der Waals surface area (Å²) in [5.41, 5.74) is 5.96. The molecule has 1 amide bonds. The lowest BCUT2D eigenvalue weighted by atomic mass is 9.92. The number of ether oxygens (including phenoxy) is 1. The lowest BCUT2D eigenvalue weighted by molar-refractivity contribution is -0.122. The molecule has 0 spiro atoms. The Hall–Kier alpha value is -2.73. The zero-order valence-electron chi connectivity index (χ0n) is 17.2. The maximum Gasteiger partial charge on any atom is 0.220 e. The second-order valence-electron chi connectivity index (χ2n) is 8.50. The highest BCUT2D eigenvalue weighted by atomic mass is 16.5. The summed E-state index contributed by atoms with van der Waals surface area (Å²) in [5, 5.41) is 12.0. The molecule has 6 nitrogen and oxygen atoms in total. The first kappa shape index (κ1) is 19.2. The molecule has 5 rings (SSSR count). The van der Waals surface area contributed by atoms with Gasteiger partial charge in [0.05, 0.1) is 30.5 Å². The van der Waals surface area contributed by atoms with Crippen molar-refractivity contribution in [3.8, 4) is 0 Å². The molecule has 30 heavy (non-hydrogen) atoms. The maximum absolute atomic E-state index is 12.7. The molecule has 1 aromatic carbocycles. The molecule has 1 saturated heterocycles. The van der Waals surface area contributed by atoms with E-state index in [1.807, 2.05) is 24.4 Å². The van der Waals surface area contributed by atoms with Crippen LogP contribution in [-0.4, -0.2) is 40.3 Å². The number of hydrogen-bond acceptors (Lipinski definition) is 4. The summed E-state index contributed by atoms with van der Waals surface area (Å²) >= 11 is 0. The van der Waals surface area contributed by atoms with E-state index in [1.165, 1.54) is 35.0 Å². The predicted octanol–water partition coefficient (Wildman–Crippen LogP) is 3.14. The lowest BCUT2D eigenvalue weighted by Crippen LogP contribution is -2.40. The van der Waals surface area contributed by atoms with Gasteiger partial charge in [0.25, 0.3) is 0 Å². The minimum absolute atomic E-state index is 0.0533. The van der Waals surface area contributed by atoms with Crippen LogP contribution in [0.25, 0.3) is 10.9 Å². The van der Waals surface area contributed by atoms with Gasteiger partial charge < -0.3 is 10.1 Å². The number of rotatable bonds is 6. The van der Waals surface area contributed by atoms with Crippen LogP contribution >= 0.6 is 0 Å². The summed E-state index contributed by atoms with van der Waals surface area (Å²) in [6.07, 6.45) is 8.53. The fourth-order valence-electron chi connectivity index (χ4n) is 4.84. The van der Waals surface area contributed by atoms with Gasteiger partial charge in [0.2, 0.25) is 5.91 Å². The summed E-state index contributed by atoms with van der Waals surface area (Å²) in [6, 6.07) is 10.4. The molecule has 3 heterocycles. The summed E-state index contributed by atoms with van der Waals surface area (Å²) in [5.74, 6) is 0.362. The fraction of sp³-hybridized carbons (Fsp3) is 0.458. The summed E-state index contributed by atoms with van der Waals surface area (Å²) in [4.78, 5) is 17.1. The standard InChI is InChI=1S/C24H28N4O2/c29-24(10-9-22-19-6-2-4-8-21(19)27-28-22)26-23-15-30-14-17(23)13-16-11-12-25-20-7-3-1-5-18(16)20/h1,3,5,7,11-12,17,23H,2,4,6,8-10,13-15H2,(H,26,29)(H,27,28)/t17-,23+/m1/s1. The number of aryl methyl sites for hydroxylation is 2. The van der Waals surface area contributed by atoms with Gasteiger partial charge in [-0.3, -0.25) is 14.9 Å². The van der Waals surface area contributed by atoms with E-state index in [1.54, 1.807) is 0 Å². The number of carbonyl (C=O) groups excluding carboxylic acids is 1. The van der Waals surface area contributed by atoms with Gasteiger partial charge in [0, 0.05) is 36.0 Å². The van der Waals surface area contributed by atoms with Gasteiger partial charge >= 0.3 is 0 Å². The largest absolute Gasteiger partial charge is 0.379 e. The minimum Gasteiger partial charge on any atom is -0.379 e. The Bertz CT molecular complexity index is 1040. The SMILES string of the molecule is O=C(CCc1n[nH]c2c1CCCC2)N[C@H]1COC[C@H]1Cc1ccnc2ccccc12. The molecule has 2 aromatic heterocycles. The molecular formula is C24H28N4O2. The number of carbonyl (C=O) groups is 1. The number of nitrogens with zero attached hydrogens (tertiary/aromatic N) is 2. The number of nitrogens with one attached hydrogen (secondary N) is 2. The molecule has 2 aliphatic rings. The molecule has 0 saturated carbocycles. The number of benzene rings is 1. The second-order valence-corrected chi connectivity index (χ2v) is 8.50. The molecule has 1 aliphatic heterocycles. The third kappa shape index (κ3) is 3.97. The number of aromatic amines is 1. The number of hydrogen-bond donors (Lipinski definition) is 2. The molecule has 0 unspecified atom stereocenters. The Morgan fingerprint density at radius 1 is 1.17 bits per heavy atom. The van der Waals surface area contributed by atoms with Crippen LogP contribution in [0.15, 0.2) is 36.5 Å². The van der Waals surface area contributed by atoms with Gasteiger partial charge in [-0.05, 0) is 55.4 Å². The van der Waals surface area contributed by atoms with Gasteiger partial charge in [-0.15, -0.1) is 0 Å².